The van der Waals surface area contributed by atoms with Crippen molar-refractivity contribution in [2.45, 2.75) is 97.0 Å². The zero-order valence-corrected chi connectivity index (χ0v) is 24.2. The Morgan fingerprint density at radius 2 is 1.36 bits per heavy atom. The van der Waals surface area contributed by atoms with Crippen LogP contribution in [0, 0.1) is 0 Å². The molecule has 0 radical (unpaired) electrons. The minimum absolute atomic E-state index is 0.179. The highest BCUT2D eigenvalue weighted by molar-refractivity contribution is 5.89. The number of aromatic nitrogens is 1. The average Bonchev–Trinajstić information content (AvgIpc) is 2.89. The minimum atomic E-state index is -1.01. The number of rotatable bonds is 19. The number of carbonyl (C=O) groups is 2. The van der Waals surface area contributed by atoms with E-state index in [4.69, 9.17) is 4.74 Å². The molecule has 0 aliphatic rings. The largest absolute Gasteiger partial charge is 0.478 e. The second-order valence-electron chi connectivity index (χ2n) is 10.0. The molecule has 0 aliphatic carbocycles. The van der Waals surface area contributed by atoms with Gasteiger partial charge in [-0.1, -0.05) is 93.7 Å². The molecule has 1 atom stereocenters. The number of hydrogen-bond acceptors (Lipinski definition) is 4. The summed E-state index contributed by atoms with van der Waals surface area (Å²) in [5.41, 5.74) is 0.132. The second-order valence-corrected chi connectivity index (χ2v) is 10.0. The van der Waals surface area contributed by atoms with E-state index in [-0.39, 0.29) is 17.6 Å². The number of esters is 1. The van der Waals surface area contributed by atoms with Crippen LogP contribution < -0.4 is 0 Å². The van der Waals surface area contributed by atoms with Gasteiger partial charge in [0.2, 0.25) is 0 Å². The van der Waals surface area contributed by atoms with Crippen molar-refractivity contribution in [1.29, 1.82) is 0 Å². The van der Waals surface area contributed by atoms with Crippen LogP contribution in [0.15, 0.2) is 91.2 Å². The van der Waals surface area contributed by atoms with E-state index in [2.05, 4.69) is 78.7 Å². The van der Waals surface area contributed by atoms with E-state index < -0.39 is 11.4 Å². The highest BCUT2D eigenvalue weighted by Gasteiger charge is 2.30. The smallest absolute Gasteiger partial charge is 0.337 e. The quantitative estimate of drug-likeness (QED) is 0.142. The fourth-order valence-electron chi connectivity index (χ4n) is 4.10. The molecule has 0 bridgehead atoms. The van der Waals surface area contributed by atoms with Crippen molar-refractivity contribution < 1.29 is 19.4 Å². The number of carboxylic acids is 1. The molecular formula is C34H47NO4. The molecule has 0 fully saturated rings. The summed E-state index contributed by atoms with van der Waals surface area (Å²) in [6, 6.07) is 3.16. The maximum absolute atomic E-state index is 12.2. The first-order chi connectivity index (χ1) is 18.8. The van der Waals surface area contributed by atoms with Gasteiger partial charge in [-0.25, -0.2) is 4.79 Å². The van der Waals surface area contributed by atoms with E-state index in [9.17, 15) is 14.7 Å². The summed E-state index contributed by atoms with van der Waals surface area (Å²) >= 11 is 0. The normalized spacial score (nSPS) is 13.6. The first-order valence-electron chi connectivity index (χ1n) is 14.1. The van der Waals surface area contributed by atoms with Crippen LogP contribution in [-0.2, 0) is 14.9 Å². The molecular weight excluding hydrogens is 486 g/mol. The fourth-order valence-corrected chi connectivity index (χ4v) is 4.10. The molecule has 1 N–H and O–H groups in total. The van der Waals surface area contributed by atoms with Crippen LogP contribution in [0.3, 0.4) is 0 Å². The number of aromatic carboxylic acids is 1. The van der Waals surface area contributed by atoms with Crippen molar-refractivity contribution >= 4 is 11.9 Å². The summed E-state index contributed by atoms with van der Waals surface area (Å²) in [5.74, 6) is -1.26. The molecule has 212 valence electrons. The van der Waals surface area contributed by atoms with Gasteiger partial charge in [0.25, 0.3) is 0 Å². The summed E-state index contributed by atoms with van der Waals surface area (Å²) in [4.78, 5) is 28.1. The second kappa shape index (κ2) is 20.5. The molecule has 39 heavy (non-hydrogen) atoms. The van der Waals surface area contributed by atoms with E-state index in [1.807, 2.05) is 26.8 Å². The van der Waals surface area contributed by atoms with Crippen molar-refractivity contribution in [3.63, 3.8) is 0 Å². The van der Waals surface area contributed by atoms with Crippen LogP contribution in [0.1, 0.15) is 102 Å². The monoisotopic (exact) mass is 533 g/mol. The molecule has 1 unspecified atom stereocenters. The lowest BCUT2D eigenvalue weighted by atomic mass is 9.81. The summed E-state index contributed by atoms with van der Waals surface area (Å²) in [6.45, 7) is 7.82. The molecule has 0 spiro atoms. The Balaban J connectivity index is 2.20. The SMILES string of the molecule is CC/C=C\C/C=C\C/C=C\C/C=C\C/C=C\C/C=C\CCC(=O)OC(C)CC(C)(C)c1ncccc1C(=O)O. The number of carbonyl (C=O) groups excluding carboxylic acids is 1. The number of hydrogen-bond donors (Lipinski definition) is 1. The number of ether oxygens (including phenoxy) is 1. The molecule has 0 saturated carbocycles. The first-order valence-corrected chi connectivity index (χ1v) is 14.1. The fraction of sp³-hybridized carbons (Fsp3) is 0.441. The third-order valence-electron chi connectivity index (χ3n) is 5.92. The van der Waals surface area contributed by atoms with Gasteiger partial charge in [0.1, 0.15) is 0 Å². The standard InChI is InChI=1S/C34H47NO4/c1-5-6-7-8-9-10-11-12-13-14-15-16-17-18-19-20-21-22-23-26-31(36)39-29(2)28-34(3,4)32-30(33(37)38)25-24-27-35-32/h6-7,9-10,12-13,15-16,18-19,21-22,24-25,27,29H,5,8,11,14,17,20,23,26,28H2,1-4H3,(H,37,38)/b7-6-,10-9-,13-12-,16-15-,19-18-,22-21-. The molecule has 0 amide bonds. The lowest BCUT2D eigenvalue weighted by molar-refractivity contribution is -0.148. The Hall–Kier alpha value is -3.47. The highest BCUT2D eigenvalue weighted by Crippen LogP contribution is 2.30. The highest BCUT2D eigenvalue weighted by atomic mass is 16.5. The Kier molecular flexibility index (Phi) is 17.6. The summed E-state index contributed by atoms with van der Waals surface area (Å²) < 4.78 is 5.57. The van der Waals surface area contributed by atoms with Crippen LogP contribution in [0.4, 0.5) is 0 Å². The van der Waals surface area contributed by atoms with Gasteiger partial charge in [0.05, 0.1) is 17.4 Å². The number of nitrogens with zero attached hydrogens (tertiary/aromatic N) is 1. The predicted molar refractivity (Wildman–Crippen MR) is 162 cm³/mol. The van der Waals surface area contributed by atoms with Gasteiger partial charge >= 0.3 is 11.9 Å². The van der Waals surface area contributed by atoms with Crippen LogP contribution in [0.2, 0.25) is 0 Å². The molecule has 1 rings (SSSR count). The molecule has 1 aromatic heterocycles. The van der Waals surface area contributed by atoms with Crippen molar-refractivity contribution in [3.05, 3.63) is 102 Å². The summed E-state index contributed by atoms with van der Waals surface area (Å²) in [5, 5.41) is 9.45. The summed E-state index contributed by atoms with van der Waals surface area (Å²) in [7, 11) is 0. The van der Waals surface area contributed by atoms with Gasteiger partial charge in [-0.05, 0) is 70.4 Å². The van der Waals surface area contributed by atoms with Crippen molar-refractivity contribution in [3.8, 4) is 0 Å². The van der Waals surface area contributed by atoms with Crippen molar-refractivity contribution in [1.82, 2.24) is 4.98 Å². The topological polar surface area (TPSA) is 76.5 Å². The summed E-state index contributed by atoms with van der Waals surface area (Å²) in [6.07, 6.45) is 34.3. The van der Waals surface area contributed by atoms with Gasteiger partial charge in [-0.2, -0.15) is 0 Å². The van der Waals surface area contributed by atoms with E-state index in [0.29, 0.717) is 25.0 Å². The maximum atomic E-state index is 12.2. The lowest BCUT2D eigenvalue weighted by Crippen LogP contribution is -2.29. The van der Waals surface area contributed by atoms with Crippen LogP contribution >= 0.6 is 0 Å². The van der Waals surface area contributed by atoms with Gasteiger partial charge in [0.15, 0.2) is 0 Å². The molecule has 0 saturated heterocycles. The van der Waals surface area contributed by atoms with E-state index >= 15 is 0 Å². The maximum Gasteiger partial charge on any atom is 0.337 e. The van der Waals surface area contributed by atoms with Gasteiger partial charge in [-0.15, -0.1) is 0 Å². The number of carboxylic acid groups (broad SMARTS) is 1. The van der Waals surface area contributed by atoms with Crippen LogP contribution in [0.5, 0.6) is 0 Å². The Labute approximate surface area is 235 Å². The molecule has 1 aromatic rings. The van der Waals surface area contributed by atoms with E-state index in [0.717, 1.165) is 38.5 Å². The first kappa shape index (κ1) is 33.6. The van der Waals surface area contributed by atoms with E-state index in [1.165, 1.54) is 0 Å². The lowest BCUT2D eigenvalue weighted by Gasteiger charge is -2.28. The van der Waals surface area contributed by atoms with Gasteiger partial charge in [0, 0.05) is 18.0 Å². The molecule has 5 heteroatoms. The van der Waals surface area contributed by atoms with Gasteiger partial charge in [-0.3, -0.25) is 9.78 Å². The van der Waals surface area contributed by atoms with Crippen LogP contribution in [-0.4, -0.2) is 28.1 Å². The zero-order valence-electron chi connectivity index (χ0n) is 24.2. The molecule has 1 heterocycles. The van der Waals surface area contributed by atoms with Crippen molar-refractivity contribution in [2.24, 2.45) is 0 Å². The number of allylic oxidation sites excluding steroid dienone is 12. The Bertz CT molecular complexity index is 1030. The van der Waals surface area contributed by atoms with Crippen LogP contribution in [0.25, 0.3) is 0 Å². The third kappa shape index (κ3) is 16.2. The zero-order chi connectivity index (χ0) is 28.8. The average molecular weight is 534 g/mol. The molecule has 5 nitrogen and oxygen atoms in total. The molecule has 0 aromatic carbocycles. The number of pyridine rings is 1. The van der Waals surface area contributed by atoms with Gasteiger partial charge < -0.3 is 9.84 Å². The minimum Gasteiger partial charge on any atom is -0.478 e. The Morgan fingerprint density at radius 1 is 0.872 bits per heavy atom. The van der Waals surface area contributed by atoms with E-state index in [1.54, 1.807) is 18.3 Å². The third-order valence-corrected chi connectivity index (χ3v) is 5.92. The van der Waals surface area contributed by atoms with Crippen molar-refractivity contribution in [2.75, 3.05) is 0 Å². The predicted octanol–water partition coefficient (Wildman–Crippen LogP) is 8.86. The molecule has 0 aliphatic heterocycles. The Morgan fingerprint density at radius 3 is 1.85 bits per heavy atom.